The molecule has 0 saturated heterocycles. The van der Waals surface area contributed by atoms with Crippen LogP contribution in [0.3, 0.4) is 0 Å². The number of nitrogens with zero attached hydrogens (tertiary/aromatic N) is 3. The summed E-state index contributed by atoms with van der Waals surface area (Å²) < 4.78 is 0. The molecule has 278 valence electrons. The SMILES string of the molecule is C=N/C(=C\C(=N/Cc1cccc(-c2ccc3c4ccccc4c4ccccc4c3c2)c1)c1cccc(-c2ccc3ccccc3c2)c1)c1ccc(-c2cccnc2)cc1. The van der Waals surface area contributed by atoms with Gasteiger partial charge < -0.3 is 0 Å². The first-order valence-electron chi connectivity index (χ1n) is 19.9. The van der Waals surface area contributed by atoms with Crippen LogP contribution < -0.4 is 0 Å². The normalized spacial score (nSPS) is 12.1. The van der Waals surface area contributed by atoms with Gasteiger partial charge in [0.25, 0.3) is 0 Å². The Kier molecular flexibility index (Phi) is 9.46. The molecule has 1 heterocycles. The van der Waals surface area contributed by atoms with Crippen molar-refractivity contribution in [3.05, 3.63) is 229 Å². The van der Waals surface area contributed by atoms with Crippen molar-refractivity contribution in [2.75, 3.05) is 0 Å². The van der Waals surface area contributed by atoms with Gasteiger partial charge in [0.15, 0.2) is 0 Å². The van der Waals surface area contributed by atoms with Gasteiger partial charge in [-0.3, -0.25) is 15.0 Å². The van der Waals surface area contributed by atoms with Gasteiger partial charge in [-0.2, -0.15) is 0 Å². The molecule has 0 atom stereocenters. The highest BCUT2D eigenvalue weighted by Gasteiger charge is 2.12. The first-order valence-corrected chi connectivity index (χ1v) is 19.9. The van der Waals surface area contributed by atoms with Crippen molar-refractivity contribution in [3.63, 3.8) is 0 Å². The first-order chi connectivity index (χ1) is 29.2. The molecule has 0 fully saturated rings. The molecule has 9 aromatic carbocycles. The van der Waals surface area contributed by atoms with E-state index in [2.05, 4.69) is 211 Å². The summed E-state index contributed by atoms with van der Waals surface area (Å²) in [5, 5.41) is 10.1. The van der Waals surface area contributed by atoms with Crippen molar-refractivity contribution >= 4 is 61.2 Å². The Morgan fingerprint density at radius 3 is 1.76 bits per heavy atom. The third kappa shape index (κ3) is 7.11. The van der Waals surface area contributed by atoms with Crippen LogP contribution in [0.4, 0.5) is 0 Å². The minimum atomic E-state index is 0.491. The zero-order valence-corrected chi connectivity index (χ0v) is 32.5. The molecule has 0 saturated carbocycles. The second-order valence-corrected chi connectivity index (χ2v) is 14.9. The second kappa shape index (κ2) is 15.7. The summed E-state index contributed by atoms with van der Waals surface area (Å²) in [5.41, 5.74) is 11.5. The van der Waals surface area contributed by atoms with Crippen molar-refractivity contribution in [2.24, 2.45) is 9.98 Å². The smallest absolute Gasteiger partial charge is 0.0716 e. The van der Waals surface area contributed by atoms with E-state index in [1.165, 1.54) is 48.7 Å². The molecule has 0 aliphatic heterocycles. The number of rotatable bonds is 9. The molecule has 0 spiro atoms. The van der Waals surface area contributed by atoms with E-state index in [9.17, 15) is 0 Å². The molecule has 1 aromatic heterocycles. The molecular weight excluding hydrogens is 715 g/mol. The average molecular weight is 754 g/mol. The molecule has 0 amide bonds. The fraction of sp³-hybridized carbons (Fsp3) is 0.0179. The molecule has 10 aromatic rings. The lowest BCUT2D eigenvalue weighted by Crippen LogP contribution is -2.01. The summed E-state index contributed by atoms with van der Waals surface area (Å²) in [7, 11) is 0. The Balaban J connectivity index is 1.04. The lowest BCUT2D eigenvalue weighted by Gasteiger charge is -2.12. The van der Waals surface area contributed by atoms with Crippen LogP contribution in [-0.2, 0) is 6.54 Å². The van der Waals surface area contributed by atoms with E-state index in [1.54, 1.807) is 6.20 Å². The minimum Gasteiger partial charge on any atom is -0.280 e. The summed E-state index contributed by atoms with van der Waals surface area (Å²) >= 11 is 0. The quantitative estimate of drug-likeness (QED) is 0.107. The summed E-state index contributed by atoms with van der Waals surface area (Å²) in [6.45, 7) is 4.49. The lowest BCUT2D eigenvalue weighted by atomic mass is 9.92. The van der Waals surface area contributed by atoms with E-state index in [1.807, 2.05) is 12.3 Å². The zero-order valence-electron chi connectivity index (χ0n) is 32.5. The molecule has 0 N–H and O–H groups in total. The van der Waals surface area contributed by atoms with E-state index >= 15 is 0 Å². The van der Waals surface area contributed by atoms with E-state index < -0.39 is 0 Å². The van der Waals surface area contributed by atoms with Crippen LogP contribution in [0.1, 0.15) is 16.7 Å². The topological polar surface area (TPSA) is 37.6 Å². The summed E-state index contributed by atoms with van der Waals surface area (Å²) in [5.74, 6) is 0. The van der Waals surface area contributed by atoms with Crippen LogP contribution in [0.15, 0.2) is 223 Å². The van der Waals surface area contributed by atoms with Crippen LogP contribution in [0.5, 0.6) is 0 Å². The van der Waals surface area contributed by atoms with Gasteiger partial charge in [0.1, 0.15) is 0 Å². The minimum absolute atomic E-state index is 0.491. The number of pyridine rings is 1. The maximum absolute atomic E-state index is 5.33. The molecule has 10 rings (SSSR count). The van der Waals surface area contributed by atoms with Crippen LogP contribution >= 0.6 is 0 Å². The first kappa shape index (κ1) is 35.6. The third-order valence-corrected chi connectivity index (χ3v) is 11.3. The molecule has 0 bridgehead atoms. The van der Waals surface area contributed by atoms with Gasteiger partial charge in [0.05, 0.1) is 18.0 Å². The highest BCUT2D eigenvalue weighted by atomic mass is 14.8. The van der Waals surface area contributed by atoms with Crippen molar-refractivity contribution in [1.82, 2.24) is 4.98 Å². The predicted molar refractivity (Wildman–Crippen MR) is 251 cm³/mol. The van der Waals surface area contributed by atoms with Gasteiger partial charge in [0, 0.05) is 23.5 Å². The Morgan fingerprint density at radius 1 is 0.441 bits per heavy atom. The van der Waals surface area contributed by atoms with Crippen LogP contribution in [0.2, 0.25) is 0 Å². The lowest BCUT2D eigenvalue weighted by molar-refractivity contribution is 1.07. The van der Waals surface area contributed by atoms with Crippen molar-refractivity contribution in [3.8, 4) is 33.4 Å². The Labute approximate surface area is 344 Å². The molecule has 59 heavy (non-hydrogen) atoms. The highest BCUT2D eigenvalue weighted by molar-refractivity contribution is 6.25. The summed E-state index contributed by atoms with van der Waals surface area (Å²) in [6.07, 6.45) is 5.73. The zero-order chi connectivity index (χ0) is 39.5. The van der Waals surface area contributed by atoms with E-state index in [0.29, 0.717) is 6.54 Å². The molecule has 3 nitrogen and oxygen atoms in total. The molecule has 0 aliphatic carbocycles. The Morgan fingerprint density at radius 2 is 1.03 bits per heavy atom. The number of hydrogen-bond donors (Lipinski definition) is 0. The molecular formula is C56H39N3. The van der Waals surface area contributed by atoms with Crippen molar-refractivity contribution in [2.45, 2.75) is 6.54 Å². The van der Waals surface area contributed by atoms with E-state index in [0.717, 1.165) is 55.9 Å². The van der Waals surface area contributed by atoms with Crippen molar-refractivity contribution < 1.29 is 0 Å². The van der Waals surface area contributed by atoms with Crippen LogP contribution in [-0.4, -0.2) is 17.4 Å². The number of aromatic nitrogens is 1. The molecule has 0 aliphatic rings. The van der Waals surface area contributed by atoms with Gasteiger partial charge in [-0.15, -0.1) is 0 Å². The molecule has 0 unspecified atom stereocenters. The predicted octanol–water partition coefficient (Wildman–Crippen LogP) is 14.4. The van der Waals surface area contributed by atoms with Gasteiger partial charge in [-0.1, -0.05) is 164 Å². The van der Waals surface area contributed by atoms with Crippen molar-refractivity contribution in [1.29, 1.82) is 0 Å². The van der Waals surface area contributed by atoms with E-state index in [-0.39, 0.29) is 0 Å². The summed E-state index contributed by atoms with van der Waals surface area (Å²) in [6, 6.07) is 69.2. The fourth-order valence-electron chi connectivity index (χ4n) is 8.28. The van der Waals surface area contributed by atoms with Gasteiger partial charge in [-0.05, 0) is 125 Å². The van der Waals surface area contributed by atoms with Crippen LogP contribution in [0.25, 0.3) is 82.2 Å². The standard InChI is InChI=1S/C56H39N3/c1-57-55(41-25-22-40(23-26-41)48-17-10-30-58-37-48)35-56(47-16-9-15-44(33-47)45-27-24-39-12-2-3-13-43(39)32-45)59-36-38-11-8-14-42(31-38)46-28-29-53-51-20-5-4-18-49(51)50-19-6-7-21-52(50)54(53)34-46/h2-35,37H,1,36H2/b55-35-,59-56+. The maximum Gasteiger partial charge on any atom is 0.0716 e. The Bertz CT molecular complexity index is 3210. The monoisotopic (exact) mass is 753 g/mol. The number of benzene rings is 9. The Hall–Kier alpha value is -7.75. The molecule has 3 heteroatoms. The second-order valence-electron chi connectivity index (χ2n) is 14.9. The van der Waals surface area contributed by atoms with E-state index in [4.69, 9.17) is 4.99 Å². The molecule has 0 radical (unpaired) electrons. The number of aliphatic imine (C=N–C) groups is 2. The number of fused-ring (bicyclic) bond motifs is 7. The van der Waals surface area contributed by atoms with Gasteiger partial charge in [0.2, 0.25) is 0 Å². The largest absolute Gasteiger partial charge is 0.280 e. The van der Waals surface area contributed by atoms with Gasteiger partial charge in [-0.25, -0.2) is 0 Å². The third-order valence-electron chi connectivity index (χ3n) is 11.3. The van der Waals surface area contributed by atoms with Crippen LogP contribution in [0, 0.1) is 0 Å². The highest BCUT2D eigenvalue weighted by Crippen LogP contribution is 2.37. The average Bonchev–Trinajstić information content (AvgIpc) is 3.32. The summed E-state index contributed by atoms with van der Waals surface area (Å²) in [4.78, 5) is 14.2. The fourth-order valence-corrected chi connectivity index (χ4v) is 8.28. The van der Waals surface area contributed by atoms with Gasteiger partial charge >= 0.3 is 0 Å². The number of hydrogen-bond acceptors (Lipinski definition) is 3. The maximum atomic E-state index is 5.33. The number of allylic oxidation sites excluding steroid dienone is 1.